The SMILES string of the molecule is CCOC(=O)COc1ccc(/C=C2\SC(=S)N(c3ccccc3C)C2=O)cc1OCC. The van der Waals surface area contributed by atoms with Gasteiger partial charge in [0.2, 0.25) is 0 Å². The minimum absolute atomic E-state index is 0.162. The Morgan fingerprint density at radius 1 is 1.10 bits per heavy atom. The molecule has 0 N–H and O–H groups in total. The number of hydrogen-bond donors (Lipinski definition) is 0. The van der Waals surface area contributed by atoms with Crippen molar-refractivity contribution in [2.45, 2.75) is 20.8 Å². The number of carbonyl (C=O) groups is 2. The summed E-state index contributed by atoms with van der Waals surface area (Å²) in [5, 5.41) is 0. The van der Waals surface area contributed by atoms with E-state index in [0.29, 0.717) is 33.9 Å². The zero-order chi connectivity index (χ0) is 22.4. The van der Waals surface area contributed by atoms with Crippen molar-refractivity contribution >= 4 is 51.9 Å². The van der Waals surface area contributed by atoms with Crippen LogP contribution < -0.4 is 14.4 Å². The third-order valence-electron chi connectivity index (χ3n) is 4.37. The number of thioether (sulfide) groups is 1. The minimum atomic E-state index is -0.450. The first-order chi connectivity index (χ1) is 14.9. The number of amides is 1. The summed E-state index contributed by atoms with van der Waals surface area (Å²) in [6.07, 6.45) is 1.77. The van der Waals surface area contributed by atoms with E-state index in [9.17, 15) is 9.59 Å². The van der Waals surface area contributed by atoms with E-state index in [1.165, 1.54) is 11.8 Å². The van der Waals surface area contributed by atoms with Crippen LogP contribution in [0.1, 0.15) is 25.0 Å². The quantitative estimate of drug-likeness (QED) is 0.322. The van der Waals surface area contributed by atoms with Crippen LogP contribution in [0.3, 0.4) is 0 Å². The molecule has 1 aliphatic heterocycles. The summed E-state index contributed by atoms with van der Waals surface area (Å²) < 4.78 is 16.6. The largest absolute Gasteiger partial charge is 0.490 e. The van der Waals surface area contributed by atoms with Crippen LogP contribution in [0, 0.1) is 6.92 Å². The van der Waals surface area contributed by atoms with E-state index in [1.54, 1.807) is 36.1 Å². The summed E-state index contributed by atoms with van der Waals surface area (Å²) in [6.45, 7) is 6.05. The number of hydrogen-bond acceptors (Lipinski definition) is 7. The van der Waals surface area contributed by atoms with Gasteiger partial charge in [-0.15, -0.1) is 0 Å². The van der Waals surface area contributed by atoms with Gasteiger partial charge in [-0.3, -0.25) is 9.69 Å². The highest BCUT2D eigenvalue weighted by atomic mass is 32.2. The molecule has 6 nitrogen and oxygen atoms in total. The van der Waals surface area contributed by atoms with Gasteiger partial charge < -0.3 is 14.2 Å². The van der Waals surface area contributed by atoms with Crippen LogP contribution >= 0.6 is 24.0 Å². The van der Waals surface area contributed by atoms with Crippen LogP contribution in [0.25, 0.3) is 6.08 Å². The van der Waals surface area contributed by atoms with E-state index >= 15 is 0 Å². The topological polar surface area (TPSA) is 65.1 Å². The first-order valence-electron chi connectivity index (χ1n) is 9.83. The number of anilines is 1. The molecule has 0 aliphatic carbocycles. The van der Waals surface area contributed by atoms with Crippen LogP contribution in [0.15, 0.2) is 47.4 Å². The summed E-state index contributed by atoms with van der Waals surface area (Å²) in [4.78, 5) is 26.7. The summed E-state index contributed by atoms with van der Waals surface area (Å²) in [5.74, 6) is 0.299. The third kappa shape index (κ3) is 5.45. The van der Waals surface area contributed by atoms with Crippen LogP contribution in [-0.2, 0) is 14.3 Å². The van der Waals surface area contributed by atoms with E-state index in [2.05, 4.69) is 0 Å². The summed E-state index contributed by atoms with van der Waals surface area (Å²) in [5.41, 5.74) is 2.52. The molecular weight excluding hydrogens is 434 g/mol. The molecule has 2 aromatic carbocycles. The molecule has 1 fully saturated rings. The van der Waals surface area contributed by atoms with Crippen LogP contribution in [0.2, 0.25) is 0 Å². The highest BCUT2D eigenvalue weighted by Crippen LogP contribution is 2.38. The van der Waals surface area contributed by atoms with Crippen molar-refractivity contribution in [2.75, 3.05) is 24.7 Å². The van der Waals surface area contributed by atoms with Crippen LogP contribution in [0.5, 0.6) is 11.5 Å². The number of benzene rings is 2. The lowest BCUT2D eigenvalue weighted by Gasteiger charge is -2.16. The van der Waals surface area contributed by atoms with E-state index < -0.39 is 5.97 Å². The van der Waals surface area contributed by atoms with Gasteiger partial charge in [0.25, 0.3) is 5.91 Å². The molecule has 31 heavy (non-hydrogen) atoms. The average Bonchev–Trinajstić information content (AvgIpc) is 3.01. The molecule has 0 radical (unpaired) electrons. The summed E-state index contributed by atoms with van der Waals surface area (Å²) in [7, 11) is 0. The lowest BCUT2D eigenvalue weighted by atomic mass is 10.1. The van der Waals surface area contributed by atoms with Crippen molar-refractivity contribution in [3.05, 3.63) is 58.5 Å². The van der Waals surface area contributed by atoms with E-state index in [1.807, 2.05) is 38.1 Å². The number of esters is 1. The number of thiocarbonyl (C=S) groups is 1. The molecule has 162 valence electrons. The molecule has 0 atom stereocenters. The molecule has 0 spiro atoms. The number of ether oxygens (including phenoxy) is 3. The molecule has 2 aromatic rings. The predicted octanol–water partition coefficient (Wildman–Crippen LogP) is 4.74. The molecule has 1 saturated heterocycles. The van der Waals surface area contributed by atoms with Crippen LogP contribution in [0.4, 0.5) is 5.69 Å². The van der Waals surface area contributed by atoms with Crippen molar-refractivity contribution in [2.24, 2.45) is 0 Å². The Hall–Kier alpha value is -2.84. The maximum Gasteiger partial charge on any atom is 0.344 e. The number of para-hydroxylation sites is 1. The van der Waals surface area contributed by atoms with Crippen LogP contribution in [-0.4, -0.2) is 36.0 Å². The molecule has 1 heterocycles. The third-order valence-corrected chi connectivity index (χ3v) is 5.67. The normalized spacial score (nSPS) is 14.8. The second kappa shape index (κ2) is 10.5. The zero-order valence-electron chi connectivity index (χ0n) is 17.5. The molecule has 1 aliphatic rings. The molecule has 1 amide bonds. The highest BCUT2D eigenvalue weighted by molar-refractivity contribution is 8.27. The standard InChI is InChI=1S/C23H23NO5S2/c1-4-27-19-12-16(10-11-18(19)29-14-21(25)28-5-2)13-20-22(26)24(23(30)31-20)17-9-7-6-8-15(17)3/h6-13H,4-5,14H2,1-3H3/b20-13-. The Morgan fingerprint density at radius 3 is 2.58 bits per heavy atom. The molecule has 3 rings (SSSR count). The number of rotatable bonds is 8. The highest BCUT2D eigenvalue weighted by Gasteiger charge is 2.34. The molecule has 0 bridgehead atoms. The Kier molecular flexibility index (Phi) is 7.70. The van der Waals surface area contributed by atoms with Gasteiger partial charge in [0.15, 0.2) is 22.4 Å². The van der Waals surface area contributed by atoms with E-state index in [0.717, 1.165) is 16.8 Å². The smallest absolute Gasteiger partial charge is 0.344 e. The molecular formula is C23H23NO5S2. The molecule has 0 unspecified atom stereocenters. The first-order valence-corrected chi connectivity index (χ1v) is 11.1. The number of aryl methyl sites for hydroxylation is 1. The Labute approximate surface area is 191 Å². The predicted molar refractivity (Wildman–Crippen MR) is 127 cm³/mol. The Balaban J connectivity index is 1.83. The van der Waals surface area contributed by atoms with Crippen molar-refractivity contribution in [1.82, 2.24) is 0 Å². The summed E-state index contributed by atoms with van der Waals surface area (Å²) >= 11 is 6.72. The monoisotopic (exact) mass is 457 g/mol. The first kappa shape index (κ1) is 22.8. The van der Waals surface area contributed by atoms with Gasteiger partial charge in [0.05, 0.1) is 23.8 Å². The summed E-state index contributed by atoms with van der Waals surface area (Å²) in [6, 6.07) is 12.9. The van der Waals surface area contributed by atoms with E-state index in [4.69, 9.17) is 26.4 Å². The Bertz CT molecular complexity index is 1030. The lowest BCUT2D eigenvalue weighted by molar-refractivity contribution is -0.145. The van der Waals surface area contributed by atoms with Gasteiger partial charge in [-0.05, 0) is 56.2 Å². The Morgan fingerprint density at radius 2 is 1.87 bits per heavy atom. The fourth-order valence-corrected chi connectivity index (χ4v) is 4.27. The fourth-order valence-electron chi connectivity index (χ4n) is 2.98. The maximum atomic E-state index is 13.0. The van der Waals surface area contributed by atoms with Crippen molar-refractivity contribution in [3.63, 3.8) is 0 Å². The number of carbonyl (C=O) groups excluding carboxylic acids is 2. The number of nitrogens with zero attached hydrogens (tertiary/aromatic N) is 1. The van der Waals surface area contributed by atoms with Crippen molar-refractivity contribution in [3.8, 4) is 11.5 Å². The van der Waals surface area contributed by atoms with Crippen molar-refractivity contribution < 1.29 is 23.8 Å². The van der Waals surface area contributed by atoms with Crippen molar-refractivity contribution in [1.29, 1.82) is 0 Å². The average molecular weight is 458 g/mol. The van der Waals surface area contributed by atoms with E-state index in [-0.39, 0.29) is 12.5 Å². The zero-order valence-corrected chi connectivity index (χ0v) is 19.2. The van der Waals surface area contributed by atoms with Gasteiger partial charge in [0, 0.05) is 0 Å². The lowest BCUT2D eigenvalue weighted by Crippen LogP contribution is -2.28. The molecule has 0 saturated carbocycles. The minimum Gasteiger partial charge on any atom is -0.490 e. The van der Waals surface area contributed by atoms with Gasteiger partial charge >= 0.3 is 5.97 Å². The molecule has 8 heteroatoms. The molecule has 0 aromatic heterocycles. The van der Waals surface area contributed by atoms with Gasteiger partial charge in [-0.25, -0.2) is 4.79 Å². The fraction of sp³-hybridized carbons (Fsp3) is 0.261. The maximum absolute atomic E-state index is 13.0. The second-order valence-corrected chi connectivity index (χ2v) is 8.21. The second-order valence-electron chi connectivity index (χ2n) is 6.54. The van der Waals surface area contributed by atoms with Gasteiger partial charge in [-0.2, -0.15) is 0 Å². The van der Waals surface area contributed by atoms with Gasteiger partial charge in [-0.1, -0.05) is 48.2 Å². The van der Waals surface area contributed by atoms with Gasteiger partial charge in [0.1, 0.15) is 0 Å².